The minimum absolute atomic E-state index is 0.0727. The lowest BCUT2D eigenvalue weighted by molar-refractivity contribution is -0.146. The van der Waals surface area contributed by atoms with E-state index in [1.165, 1.54) is 17.4 Å². The van der Waals surface area contributed by atoms with E-state index in [1.807, 2.05) is 11.1 Å². The Morgan fingerprint density at radius 1 is 1.14 bits per heavy atom. The molecule has 1 aliphatic heterocycles. The zero-order chi connectivity index (χ0) is 25.1. The van der Waals surface area contributed by atoms with Gasteiger partial charge in [0.15, 0.2) is 5.13 Å². The number of carbonyl (C=O) groups excluding carboxylic acids is 3. The van der Waals surface area contributed by atoms with E-state index in [2.05, 4.69) is 30.7 Å². The third kappa shape index (κ3) is 6.09. The summed E-state index contributed by atoms with van der Waals surface area (Å²) in [4.78, 5) is 45.8. The van der Waals surface area contributed by atoms with Crippen LogP contribution < -0.4 is 5.32 Å². The molecule has 3 amide bonds. The minimum atomic E-state index is -0.206. The number of aromatic nitrogens is 1. The Morgan fingerprint density at radius 3 is 2.46 bits per heavy atom. The summed E-state index contributed by atoms with van der Waals surface area (Å²) in [5, 5.41) is 3.88. The van der Waals surface area contributed by atoms with Crippen molar-refractivity contribution in [2.45, 2.75) is 55.1 Å². The van der Waals surface area contributed by atoms with Gasteiger partial charge in [0.25, 0.3) is 0 Å². The summed E-state index contributed by atoms with van der Waals surface area (Å²) in [5.74, 6) is 1.02. The number of ether oxygens (including phenoxy) is 1. The van der Waals surface area contributed by atoms with Crippen molar-refractivity contribution in [1.82, 2.24) is 14.8 Å². The van der Waals surface area contributed by atoms with Crippen molar-refractivity contribution in [2.24, 2.45) is 23.7 Å². The molecule has 1 N–H and O–H groups in total. The third-order valence-corrected chi connectivity index (χ3v) is 10.1. The number of carbonyl (C=O) groups is 3. The Bertz CT molecular complexity index is 940. The van der Waals surface area contributed by atoms with Crippen LogP contribution in [0.5, 0.6) is 0 Å². The predicted molar refractivity (Wildman–Crippen MR) is 138 cm³/mol. The minimum Gasteiger partial charge on any atom is -0.381 e. The molecule has 1 saturated heterocycles. The van der Waals surface area contributed by atoms with Crippen LogP contribution >= 0.6 is 23.1 Å². The first-order chi connectivity index (χ1) is 16.8. The van der Waals surface area contributed by atoms with Gasteiger partial charge in [0.05, 0.1) is 22.4 Å². The van der Waals surface area contributed by atoms with E-state index in [9.17, 15) is 14.4 Å². The fourth-order valence-corrected chi connectivity index (χ4v) is 7.77. The Balaban J connectivity index is 1.35. The number of rotatable bonds is 7. The molecule has 0 spiro atoms. The van der Waals surface area contributed by atoms with Crippen LogP contribution in [0, 0.1) is 23.7 Å². The molecule has 4 rings (SSSR count). The molecule has 2 saturated carbocycles. The van der Waals surface area contributed by atoms with Crippen LogP contribution in [-0.4, -0.2) is 77.1 Å². The highest BCUT2D eigenvalue weighted by atomic mass is 32.2. The van der Waals surface area contributed by atoms with Gasteiger partial charge in [0.2, 0.25) is 17.7 Å². The lowest BCUT2D eigenvalue weighted by Crippen LogP contribution is -2.54. The lowest BCUT2D eigenvalue weighted by Gasteiger charge is -2.42. The zero-order valence-electron chi connectivity index (χ0n) is 20.8. The van der Waals surface area contributed by atoms with Gasteiger partial charge in [-0.15, -0.1) is 11.8 Å². The van der Waals surface area contributed by atoms with E-state index in [-0.39, 0.29) is 40.9 Å². The second kappa shape index (κ2) is 11.4. The van der Waals surface area contributed by atoms with Gasteiger partial charge in [0, 0.05) is 44.5 Å². The number of methoxy groups -OCH3 is 1. The standard InChI is InChI=1S/C25H36N4O4S2/c1-5-21(30)28-6-8-29(9-7-28)24(32)18-13-20(16(3)12-19(18)33-4)34-22-14-26-25(35-22)27-23(31)17-10-15(2)11-17/h5,14-20H,1,6-13H2,2-4H3,(H,26,27,31). The van der Waals surface area contributed by atoms with Crippen molar-refractivity contribution in [1.29, 1.82) is 0 Å². The summed E-state index contributed by atoms with van der Waals surface area (Å²) in [7, 11) is 1.69. The summed E-state index contributed by atoms with van der Waals surface area (Å²) in [6.07, 6.45) is 6.50. The van der Waals surface area contributed by atoms with Gasteiger partial charge in [-0.25, -0.2) is 4.98 Å². The first kappa shape index (κ1) is 26.2. The van der Waals surface area contributed by atoms with Gasteiger partial charge in [-0.2, -0.15) is 0 Å². The molecule has 0 bridgehead atoms. The van der Waals surface area contributed by atoms with Crippen LogP contribution in [0.15, 0.2) is 23.1 Å². The van der Waals surface area contributed by atoms with Crippen molar-refractivity contribution < 1.29 is 19.1 Å². The van der Waals surface area contributed by atoms with E-state index >= 15 is 0 Å². The normalized spacial score (nSPS) is 30.9. The Labute approximate surface area is 215 Å². The molecule has 3 fully saturated rings. The van der Waals surface area contributed by atoms with Gasteiger partial charge in [-0.05, 0) is 43.6 Å². The lowest BCUT2D eigenvalue weighted by atomic mass is 9.76. The molecule has 8 nitrogen and oxygen atoms in total. The van der Waals surface area contributed by atoms with Gasteiger partial charge in [-0.3, -0.25) is 14.4 Å². The summed E-state index contributed by atoms with van der Waals surface area (Å²) in [6.45, 7) is 10.1. The summed E-state index contributed by atoms with van der Waals surface area (Å²) in [5.41, 5.74) is 0. The maximum Gasteiger partial charge on any atom is 0.246 e. The molecule has 192 valence electrons. The molecule has 35 heavy (non-hydrogen) atoms. The molecule has 4 unspecified atom stereocenters. The Morgan fingerprint density at radius 2 is 1.83 bits per heavy atom. The molecular weight excluding hydrogens is 484 g/mol. The van der Waals surface area contributed by atoms with E-state index < -0.39 is 0 Å². The van der Waals surface area contributed by atoms with E-state index in [0.29, 0.717) is 43.1 Å². The van der Waals surface area contributed by atoms with Crippen LogP contribution in [0.25, 0.3) is 0 Å². The molecule has 0 aromatic carbocycles. The number of nitrogens with zero attached hydrogens (tertiary/aromatic N) is 3. The molecule has 10 heteroatoms. The number of piperazine rings is 1. The number of amides is 3. The van der Waals surface area contributed by atoms with Crippen LogP contribution in [0.4, 0.5) is 5.13 Å². The second-order valence-electron chi connectivity index (χ2n) is 10.1. The quantitative estimate of drug-likeness (QED) is 0.554. The molecule has 0 radical (unpaired) electrons. The number of thiazole rings is 1. The van der Waals surface area contributed by atoms with Gasteiger partial charge >= 0.3 is 0 Å². The van der Waals surface area contributed by atoms with Crippen LogP contribution in [0.1, 0.15) is 39.5 Å². The number of hydrogen-bond donors (Lipinski definition) is 1. The highest BCUT2D eigenvalue weighted by Gasteiger charge is 2.42. The van der Waals surface area contributed by atoms with Gasteiger partial charge in [-0.1, -0.05) is 31.8 Å². The molecule has 2 heterocycles. The Kier molecular flexibility index (Phi) is 8.54. The molecule has 3 aliphatic rings. The fraction of sp³-hybridized carbons (Fsp3) is 0.680. The fourth-order valence-electron chi connectivity index (χ4n) is 5.36. The van der Waals surface area contributed by atoms with Crippen molar-refractivity contribution in [3.8, 4) is 0 Å². The van der Waals surface area contributed by atoms with Crippen molar-refractivity contribution in [3.05, 3.63) is 18.9 Å². The molecule has 2 aliphatic carbocycles. The summed E-state index contributed by atoms with van der Waals surface area (Å²) in [6, 6.07) is 0. The zero-order valence-corrected chi connectivity index (χ0v) is 22.4. The smallest absolute Gasteiger partial charge is 0.246 e. The van der Waals surface area contributed by atoms with Crippen LogP contribution in [0.2, 0.25) is 0 Å². The topological polar surface area (TPSA) is 91.8 Å². The van der Waals surface area contributed by atoms with E-state index in [0.717, 1.165) is 29.9 Å². The maximum atomic E-state index is 13.5. The van der Waals surface area contributed by atoms with Crippen molar-refractivity contribution in [3.63, 3.8) is 0 Å². The highest BCUT2D eigenvalue weighted by Crippen LogP contribution is 2.43. The van der Waals surface area contributed by atoms with Gasteiger partial charge < -0.3 is 19.9 Å². The summed E-state index contributed by atoms with van der Waals surface area (Å²) >= 11 is 3.26. The maximum absolute atomic E-state index is 13.5. The van der Waals surface area contributed by atoms with Crippen LogP contribution in [-0.2, 0) is 19.1 Å². The number of anilines is 1. The van der Waals surface area contributed by atoms with Crippen molar-refractivity contribution in [2.75, 3.05) is 38.6 Å². The number of hydrogen-bond acceptors (Lipinski definition) is 7. The molecule has 1 aromatic heterocycles. The second-order valence-corrected chi connectivity index (χ2v) is 12.7. The average Bonchev–Trinajstić information content (AvgIpc) is 3.28. The predicted octanol–water partition coefficient (Wildman–Crippen LogP) is 3.51. The number of nitrogens with one attached hydrogen (secondary N) is 1. The Hall–Kier alpha value is -1.91. The van der Waals surface area contributed by atoms with Crippen LogP contribution in [0.3, 0.4) is 0 Å². The average molecular weight is 521 g/mol. The van der Waals surface area contributed by atoms with E-state index in [4.69, 9.17) is 4.74 Å². The monoisotopic (exact) mass is 520 g/mol. The SMILES string of the molecule is C=CC(=O)N1CCN(C(=O)C2CC(Sc3cnc(NC(=O)C4CC(C)C4)s3)C(C)CC2OC)CC1. The third-order valence-electron chi connectivity index (χ3n) is 7.60. The summed E-state index contributed by atoms with van der Waals surface area (Å²) < 4.78 is 6.82. The molecular formula is C25H36N4O4S2. The first-order valence-electron chi connectivity index (χ1n) is 12.4. The molecule has 1 aromatic rings. The van der Waals surface area contributed by atoms with Gasteiger partial charge in [0.1, 0.15) is 0 Å². The van der Waals surface area contributed by atoms with Crippen molar-refractivity contribution >= 4 is 46.0 Å². The highest BCUT2D eigenvalue weighted by molar-refractivity contribution is 8.01. The first-order valence-corrected chi connectivity index (χ1v) is 14.1. The largest absolute Gasteiger partial charge is 0.381 e. The number of thioether (sulfide) groups is 1. The van der Waals surface area contributed by atoms with E-state index in [1.54, 1.807) is 23.8 Å². The molecule has 4 atom stereocenters.